The van der Waals surface area contributed by atoms with Crippen LogP contribution in [0.3, 0.4) is 0 Å². The Morgan fingerprint density at radius 3 is 2.16 bits per heavy atom. The molecule has 0 radical (unpaired) electrons. The number of ether oxygens (including phenoxy) is 2. The van der Waals surface area contributed by atoms with E-state index >= 15 is 0 Å². The van der Waals surface area contributed by atoms with Crippen LogP contribution in [0.1, 0.15) is 59.7 Å². The Kier molecular flexibility index (Phi) is 6.94. The number of carbonyl (C=O) groups is 3. The Morgan fingerprint density at radius 1 is 0.838 bits per heavy atom. The zero-order valence-electron chi connectivity index (χ0n) is 21.1. The van der Waals surface area contributed by atoms with E-state index in [9.17, 15) is 14.4 Å². The van der Waals surface area contributed by atoms with Gasteiger partial charge in [-0.2, -0.15) is 5.10 Å². The van der Waals surface area contributed by atoms with Gasteiger partial charge in [0, 0.05) is 36.4 Å². The van der Waals surface area contributed by atoms with Crippen molar-refractivity contribution in [3.63, 3.8) is 0 Å². The summed E-state index contributed by atoms with van der Waals surface area (Å²) in [6.45, 7) is 5.52. The van der Waals surface area contributed by atoms with Crippen molar-refractivity contribution >= 4 is 29.2 Å². The number of hydrogen-bond acceptors (Lipinski definition) is 6. The molecular formula is C28H30N4O5. The third-order valence-corrected chi connectivity index (χ3v) is 6.67. The molecule has 2 aliphatic heterocycles. The van der Waals surface area contributed by atoms with E-state index < -0.39 is 5.97 Å². The molecule has 0 bridgehead atoms. The summed E-state index contributed by atoms with van der Waals surface area (Å²) < 4.78 is 12.3. The Morgan fingerprint density at radius 2 is 1.51 bits per heavy atom. The van der Waals surface area contributed by atoms with Gasteiger partial charge in [-0.15, -0.1) is 0 Å². The van der Waals surface area contributed by atoms with Gasteiger partial charge in [-0.1, -0.05) is 0 Å². The summed E-state index contributed by atoms with van der Waals surface area (Å²) in [7, 11) is 0. The number of nitrogens with zero attached hydrogens (tertiary/aromatic N) is 4. The van der Waals surface area contributed by atoms with Gasteiger partial charge in [0.15, 0.2) is 5.69 Å². The number of anilines is 2. The zero-order valence-corrected chi connectivity index (χ0v) is 21.1. The molecule has 0 saturated carbocycles. The lowest BCUT2D eigenvalue weighted by molar-refractivity contribution is -0.119. The van der Waals surface area contributed by atoms with E-state index in [1.165, 1.54) is 4.68 Å². The first-order valence-electron chi connectivity index (χ1n) is 12.8. The van der Waals surface area contributed by atoms with Crippen LogP contribution >= 0.6 is 0 Å². The van der Waals surface area contributed by atoms with Gasteiger partial charge in [0.25, 0.3) is 5.91 Å². The van der Waals surface area contributed by atoms with Crippen LogP contribution in [0.15, 0.2) is 48.5 Å². The molecule has 0 unspecified atom stereocenters. The van der Waals surface area contributed by atoms with Crippen molar-refractivity contribution in [2.75, 3.05) is 36.1 Å². The summed E-state index contributed by atoms with van der Waals surface area (Å²) in [6.07, 6.45) is 2.93. The summed E-state index contributed by atoms with van der Waals surface area (Å²) >= 11 is 0. The number of carbonyl (C=O) groups excluding carboxylic acids is 3. The molecule has 1 saturated heterocycles. The van der Waals surface area contributed by atoms with Crippen molar-refractivity contribution in [3.8, 4) is 11.4 Å². The van der Waals surface area contributed by atoms with Crippen molar-refractivity contribution in [1.29, 1.82) is 0 Å². The van der Waals surface area contributed by atoms with Crippen molar-refractivity contribution in [2.24, 2.45) is 0 Å². The lowest BCUT2D eigenvalue weighted by atomic mass is 10.0. The summed E-state index contributed by atoms with van der Waals surface area (Å²) in [5.41, 5.74) is 3.29. The van der Waals surface area contributed by atoms with E-state index in [4.69, 9.17) is 9.47 Å². The van der Waals surface area contributed by atoms with Crippen molar-refractivity contribution in [3.05, 3.63) is 65.5 Å². The molecule has 9 nitrogen and oxygen atoms in total. The number of amides is 2. The van der Waals surface area contributed by atoms with Crippen LogP contribution in [0.4, 0.5) is 11.4 Å². The van der Waals surface area contributed by atoms with Gasteiger partial charge >= 0.3 is 5.97 Å². The average Bonchev–Trinajstić information content (AvgIpc) is 3.31. The maximum atomic E-state index is 13.8. The highest BCUT2D eigenvalue weighted by Crippen LogP contribution is 2.31. The second-order valence-corrected chi connectivity index (χ2v) is 8.96. The molecule has 1 fully saturated rings. The Bertz CT molecular complexity index is 1310. The van der Waals surface area contributed by atoms with Gasteiger partial charge in [0.1, 0.15) is 11.4 Å². The predicted molar refractivity (Wildman–Crippen MR) is 139 cm³/mol. The number of fused-ring (bicyclic) bond motifs is 1. The average molecular weight is 503 g/mol. The van der Waals surface area contributed by atoms with E-state index in [0.717, 1.165) is 24.2 Å². The van der Waals surface area contributed by atoms with Crippen molar-refractivity contribution in [1.82, 2.24) is 9.78 Å². The maximum absolute atomic E-state index is 13.8. The molecule has 2 aromatic carbocycles. The van der Waals surface area contributed by atoms with Gasteiger partial charge in [0.05, 0.1) is 18.9 Å². The van der Waals surface area contributed by atoms with E-state index in [1.54, 1.807) is 16.7 Å². The first kappa shape index (κ1) is 24.5. The van der Waals surface area contributed by atoms with E-state index in [0.29, 0.717) is 55.2 Å². The first-order chi connectivity index (χ1) is 18.0. The van der Waals surface area contributed by atoms with Crippen LogP contribution in [0.5, 0.6) is 5.75 Å². The summed E-state index contributed by atoms with van der Waals surface area (Å²) in [5, 5.41) is 4.53. The smallest absolute Gasteiger partial charge is 0.359 e. The van der Waals surface area contributed by atoms with Gasteiger partial charge in [-0.05, 0) is 81.6 Å². The van der Waals surface area contributed by atoms with Crippen LogP contribution in [0.2, 0.25) is 0 Å². The highest BCUT2D eigenvalue weighted by molar-refractivity contribution is 6.09. The van der Waals surface area contributed by atoms with Gasteiger partial charge in [-0.25, -0.2) is 9.48 Å². The summed E-state index contributed by atoms with van der Waals surface area (Å²) in [4.78, 5) is 42.3. The lowest BCUT2D eigenvalue weighted by Crippen LogP contribution is -2.39. The first-order valence-corrected chi connectivity index (χ1v) is 12.8. The fourth-order valence-corrected chi connectivity index (χ4v) is 4.90. The van der Waals surface area contributed by atoms with Crippen LogP contribution in [0.25, 0.3) is 5.69 Å². The minimum Gasteiger partial charge on any atom is -0.494 e. The minimum atomic E-state index is -0.541. The molecule has 3 aromatic rings. The molecular weight excluding hydrogens is 472 g/mol. The zero-order chi connectivity index (χ0) is 25.9. The molecule has 37 heavy (non-hydrogen) atoms. The van der Waals surface area contributed by atoms with Gasteiger partial charge in [-0.3, -0.25) is 9.59 Å². The lowest BCUT2D eigenvalue weighted by Gasteiger charge is -2.29. The Balaban J connectivity index is 1.49. The SMILES string of the molecule is CCOC(=O)c1nn(-c2ccc(OCC)cc2)c2c1CCN(c1ccc(N3CCCCC3=O)cc1)C2=O. The Hall–Kier alpha value is -4.14. The molecule has 2 amide bonds. The monoisotopic (exact) mass is 502 g/mol. The second kappa shape index (κ2) is 10.5. The van der Waals surface area contributed by atoms with Crippen LogP contribution in [-0.4, -0.2) is 53.9 Å². The number of benzene rings is 2. The number of rotatable bonds is 7. The molecule has 0 atom stereocenters. The van der Waals surface area contributed by atoms with E-state index in [2.05, 4.69) is 5.10 Å². The molecule has 0 aliphatic carbocycles. The molecule has 2 aliphatic rings. The third kappa shape index (κ3) is 4.69. The maximum Gasteiger partial charge on any atom is 0.359 e. The summed E-state index contributed by atoms with van der Waals surface area (Å²) in [5.74, 6) is 0.0433. The van der Waals surface area contributed by atoms with E-state index in [1.807, 2.05) is 55.5 Å². The number of esters is 1. The largest absolute Gasteiger partial charge is 0.494 e. The second-order valence-electron chi connectivity index (χ2n) is 8.96. The molecule has 0 N–H and O–H groups in total. The van der Waals surface area contributed by atoms with Gasteiger partial charge < -0.3 is 19.3 Å². The number of hydrogen-bond donors (Lipinski definition) is 0. The highest BCUT2D eigenvalue weighted by atomic mass is 16.5. The van der Waals surface area contributed by atoms with Crippen LogP contribution in [-0.2, 0) is 16.0 Å². The number of piperidine rings is 1. The quantitative estimate of drug-likeness (QED) is 0.450. The van der Waals surface area contributed by atoms with Crippen LogP contribution in [0, 0.1) is 0 Å². The van der Waals surface area contributed by atoms with Crippen molar-refractivity contribution < 1.29 is 23.9 Å². The number of aromatic nitrogens is 2. The summed E-state index contributed by atoms with van der Waals surface area (Å²) in [6, 6.07) is 14.7. The highest BCUT2D eigenvalue weighted by Gasteiger charge is 2.35. The molecule has 5 rings (SSSR count). The normalized spacial score (nSPS) is 15.5. The van der Waals surface area contributed by atoms with Crippen molar-refractivity contribution in [2.45, 2.75) is 39.5 Å². The molecule has 3 heterocycles. The topological polar surface area (TPSA) is 94.0 Å². The Labute approximate surface area is 215 Å². The van der Waals surface area contributed by atoms with Crippen LogP contribution < -0.4 is 14.5 Å². The predicted octanol–water partition coefficient (Wildman–Crippen LogP) is 4.17. The standard InChI is InChI=1S/C28H30N4O5/c1-3-36-22-14-12-21(13-15-22)32-26-23(25(29-32)28(35)37-4-2)16-18-31(27(26)34)20-10-8-19(9-11-20)30-17-6-5-7-24(30)33/h8-15H,3-7,16-18H2,1-2H3. The van der Waals surface area contributed by atoms with E-state index in [-0.39, 0.29) is 24.1 Å². The third-order valence-electron chi connectivity index (χ3n) is 6.67. The molecule has 9 heteroatoms. The van der Waals surface area contributed by atoms with Gasteiger partial charge in [0.2, 0.25) is 5.91 Å². The fraction of sp³-hybridized carbons (Fsp3) is 0.357. The fourth-order valence-electron chi connectivity index (χ4n) is 4.90. The molecule has 0 spiro atoms. The minimum absolute atomic E-state index is 0.128. The molecule has 192 valence electrons. The molecule has 1 aromatic heterocycles.